The average Bonchev–Trinajstić information content (AvgIpc) is 2.66. The first-order chi connectivity index (χ1) is 13.2. The summed E-state index contributed by atoms with van der Waals surface area (Å²) in [5.74, 6) is -0.806. The number of para-hydroxylation sites is 1. The number of aryl methyl sites for hydroxylation is 1. The normalized spacial score (nSPS) is 10.3. The molecule has 0 saturated heterocycles. The van der Waals surface area contributed by atoms with E-state index in [2.05, 4.69) is 5.32 Å². The van der Waals surface area contributed by atoms with Gasteiger partial charge in [0.15, 0.2) is 0 Å². The molecule has 2 rings (SSSR count). The van der Waals surface area contributed by atoms with Gasteiger partial charge >= 0.3 is 0 Å². The summed E-state index contributed by atoms with van der Waals surface area (Å²) < 4.78 is 0. The summed E-state index contributed by atoms with van der Waals surface area (Å²) in [6.07, 6.45) is 0.769. The number of nitro groups is 1. The Morgan fingerprint density at radius 3 is 2.39 bits per heavy atom. The SMILES string of the molecule is CCc1ccccc1NC(=O)CN(C)C(=O)c1cc([N+](=O)[O-])ccc1N(C)C. The first-order valence-electron chi connectivity index (χ1n) is 8.83. The molecule has 1 N–H and O–H groups in total. The van der Waals surface area contributed by atoms with Crippen LogP contribution >= 0.6 is 0 Å². The van der Waals surface area contributed by atoms with E-state index in [4.69, 9.17) is 0 Å². The Hall–Kier alpha value is -3.42. The van der Waals surface area contributed by atoms with E-state index in [-0.39, 0.29) is 23.7 Å². The number of benzene rings is 2. The van der Waals surface area contributed by atoms with Crippen LogP contribution in [0.5, 0.6) is 0 Å². The zero-order valence-electron chi connectivity index (χ0n) is 16.4. The van der Waals surface area contributed by atoms with E-state index < -0.39 is 10.8 Å². The smallest absolute Gasteiger partial charge is 0.270 e. The number of amides is 2. The molecule has 2 aromatic rings. The average molecular weight is 384 g/mol. The Morgan fingerprint density at radius 2 is 1.79 bits per heavy atom. The standard InChI is InChI=1S/C20H24N4O4/c1-5-14-8-6-7-9-17(14)21-19(25)13-23(4)20(26)16-12-15(24(27)28)10-11-18(16)22(2)3/h6-12H,5,13H2,1-4H3,(H,21,25). The van der Waals surface area contributed by atoms with Crippen molar-refractivity contribution in [3.05, 3.63) is 63.7 Å². The summed E-state index contributed by atoms with van der Waals surface area (Å²) in [7, 11) is 4.98. The summed E-state index contributed by atoms with van der Waals surface area (Å²) in [5, 5.41) is 13.9. The molecule has 0 aliphatic rings. The molecule has 2 aromatic carbocycles. The largest absolute Gasteiger partial charge is 0.377 e. The van der Waals surface area contributed by atoms with Crippen molar-refractivity contribution in [1.82, 2.24) is 4.90 Å². The molecule has 0 unspecified atom stereocenters. The Kier molecular flexibility index (Phi) is 6.70. The third kappa shape index (κ3) is 4.85. The van der Waals surface area contributed by atoms with Crippen molar-refractivity contribution in [2.75, 3.05) is 37.9 Å². The van der Waals surface area contributed by atoms with Crippen molar-refractivity contribution < 1.29 is 14.5 Å². The number of anilines is 2. The second-order valence-corrected chi connectivity index (χ2v) is 6.57. The predicted octanol–water partition coefficient (Wildman–Crippen LogP) is 2.93. The molecule has 0 fully saturated rings. The zero-order valence-corrected chi connectivity index (χ0v) is 16.4. The van der Waals surface area contributed by atoms with Gasteiger partial charge in [0.25, 0.3) is 11.6 Å². The minimum atomic E-state index is -0.551. The molecule has 0 aliphatic heterocycles. The van der Waals surface area contributed by atoms with Crippen molar-refractivity contribution in [3.63, 3.8) is 0 Å². The van der Waals surface area contributed by atoms with Gasteiger partial charge in [0, 0.05) is 44.7 Å². The number of carbonyl (C=O) groups excluding carboxylic acids is 2. The highest BCUT2D eigenvalue weighted by Gasteiger charge is 2.22. The minimum Gasteiger partial charge on any atom is -0.377 e. The van der Waals surface area contributed by atoms with Crippen molar-refractivity contribution >= 4 is 28.9 Å². The summed E-state index contributed by atoms with van der Waals surface area (Å²) in [6, 6.07) is 11.6. The summed E-state index contributed by atoms with van der Waals surface area (Å²) in [4.78, 5) is 38.7. The van der Waals surface area contributed by atoms with Crippen LogP contribution in [-0.4, -0.2) is 49.3 Å². The Bertz CT molecular complexity index is 896. The van der Waals surface area contributed by atoms with E-state index in [9.17, 15) is 19.7 Å². The Balaban J connectivity index is 2.19. The molecular formula is C20H24N4O4. The third-order valence-corrected chi connectivity index (χ3v) is 4.30. The molecule has 0 heterocycles. The van der Waals surface area contributed by atoms with Crippen LogP contribution in [-0.2, 0) is 11.2 Å². The van der Waals surface area contributed by atoms with Crippen molar-refractivity contribution in [1.29, 1.82) is 0 Å². The first-order valence-corrected chi connectivity index (χ1v) is 8.83. The van der Waals surface area contributed by atoms with Crippen molar-refractivity contribution in [2.24, 2.45) is 0 Å². The van der Waals surface area contributed by atoms with Gasteiger partial charge in [-0.05, 0) is 24.1 Å². The Morgan fingerprint density at radius 1 is 1.11 bits per heavy atom. The van der Waals surface area contributed by atoms with Gasteiger partial charge in [-0.3, -0.25) is 19.7 Å². The van der Waals surface area contributed by atoms with Crippen LogP contribution in [0.15, 0.2) is 42.5 Å². The maximum Gasteiger partial charge on any atom is 0.270 e. The molecule has 8 nitrogen and oxygen atoms in total. The van der Waals surface area contributed by atoms with Crippen molar-refractivity contribution in [3.8, 4) is 0 Å². The minimum absolute atomic E-state index is 0.170. The van der Waals surface area contributed by atoms with Gasteiger partial charge in [-0.15, -0.1) is 0 Å². The third-order valence-electron chi connectivity index (χ3n) is 4.30. The summed E-state index contributed by atoms with van der Waals surface area (Å²) in [5.41, 5.74) is 2.24. The number of nitrogens with one attached hydrogen (secondary N) is 1. The lowest BCUT2D eigenvalue weighted by molar-refractivity contribution is -0.384. The number of rotatable bonds is 7. The predicted molar refractivity (Wildman–Crippen MR) is 109 cm³/mol. The maximum atomic E-state index is 12.9. The second-order valence-electron chi connectivity index (χ2n) is 6.57. The number of non-ortho nitro benzene ring substituents is 1. The van der Waals surface area contributed by atoms with Crippen LogP contribution in [0.25, 0.3) is 0 Å². The monoisotopic (exact) mass is 384 g/mol. The van der Waals surface area contributed by atoms with Gasteiger partial charge in [-0.25, -0.2) is 0 Å². The highest BCUT2D eigenvalue weighted by Crippen LogP contribution is 2.25. The molecule has 0 bridgehead atoms. The van der Waals surface area contributed by atoms with Crippen LogP contribution in [0.4, 0.5) is 17.1 Å². The fourth-order valence-electron chi connectivity index (χ4n) is 2.83. The lowest BCUT2D eigenvalue weighted by atomic mass is 10.1. The topological polar surface area (TPSA) is 95.8 Å². The number of hydrogen-bond acceptors (Lipinski definition) is 5. The van der Waals surface area contributed by atoms with E-state index >= 15 is 0 Å². The van der Waals surface area contributed by atoms with Crippen LogP contribution in [0.3, 0.4) is 0 Å². The quantitative estimate of drug-likeness (QED) is 0.585. The van der Waals surface area contributed by atoms with Crippen LogP contribution in [0.1, 0.15) is 22.8 Å². The lowest BCUT2D eigenvalue weighted by Gasteiger charge is -2.21. The Labute approximate surface area is 163 Å². The number of nitrogens with zero attached hydrogens (tertiary/aromatic N) is 3. The number of carbonyl (C=O) groups is 2. The lowest BCUT2D eigenvalue weighted by Crippen LogP contribution is -2.35. The number of hydrogen-bond donors (Lipinski definition) is 1. The molecule has 8 heteroatoms. The van der Waals surface area contributed by atoms with Crippen LogP contribution in [0, 0.1) is 10.1 Å². The zero-order chi connectivity index (χ0) is 20.8. The molecule has 0 radical (unpaired) electrons. The molecule has 2 amide bonds. The molecule has 28 heavy (non-hydrogen) atoms. The first kappa shape index (κ1) is 20.9. The van der Waals surface area contributed by atoms with Gasteiger partial charge in [0.2, 0.25) is 5.91 Å². The molecule has 148 valence electrons. The number of nitro benzene ring substituents is 1. The highest BCUT2D eigenvalue weighted by atomic mass is 16.6. The van der Waals surface area contributed by atoms with Crippen LogP contribution in [0.2, 0.25) is 0 Å². The maximum absolute atomic E-state index is 12.9. The van der Waals surface area contributed by atoms with Crippen LogP contribution < -0.4 is 10.2 Å². The summed E-state index contributed by atoms with van der Waals surface area (Å²) in [6.45, 7) is 1.82. The van der Waals surface area contributed by atoms with E-state index in [0.29, 0.717) is 11.4 Å². The molecular weight excluding hydrogens is 360 g/mol. The molecule has 0 aliphatic carbocycles. The van der Waals surface area contributed by atoms with Gasteiger partial charge in [-0.2, -0.15) is 0 Å². The van der Waals surface area contributed by atoms with Gasteiger partial charge in [0.1, 0.15) is 0 Å². The molecule has 0 spiro atoms. The highest BCUT2D eigenvalue weighted by molar-refractivity contribution is 6.03. The molecule has 0 saturated carbocycles. The van der Waals surface area contributed by atoms with Gasteiger partial charge in [0.05, 0.1) is 17.0 Å². The fourth-order valence-corrected chi connectivity index (χ4v) is 2.83. The molecule has 0 aromatic heterocycles. The number of likely N-dealkylation sites (N-methyl/N-ethyl adjacent to an activating group) is 1. The van der Waals surface area contributed by atoms with E-state index in [1.54, 1.807) is 19.0 Å². The second kappa shape index (κ2) is 8.98. The van der Waals surface area contributed by atoms with Gasteiger partial charge in [-0.1, -0.05) is 25.1 Å². The summed E-state index contributed by atoms with van der Waals surface area (Å²) >= 11 is 0. The van der Waals surface area contributed by atoms with Gasteiger partial charge < -0.3 is 15.1 Å². The van der Waals surface area contributed by atoms with Crippen molar-refractivity contribution in [2.45, 2.75) is 13.3 Å². The fraction of sp³-hybridized carbons (Fsp3) is 0.300. The molecule has 0 atom stereocenters. The van der Waals surface area contributed by atoms with E-state index in [1.165, 1.54) is 30.1 Å². The van der Waals surface area contributed by atoms with E-state index in [1.807, 2.05) is 31.2 Å². The van der Waals surface area contributed by atoms with E-state index in [0.717, 1.165) is 12.0 Å².